The fourth-order valence-electron chi connectivity index (χ4n) is 1.16. The van der Waals surface area contributed by atoms with Crippen LogP contribution in [0.15, 0.2) is 22.8 Å². The lowest BCUT2D eigenvalue weighted by molar-refractivity contribution is -0.122. The Kier molecular flexibility index (Phi) is 3.71. The molecule has 0 saturated carbocycles. The maximum Gasteiger partial charge on any atom is 0.236 e. The Balaban J connectivity index is 2.36. The molecule has 1 heterocycles. The number of nitrogens with one attached hydrogen (secondary N) is 1. The summed E-state index contributed by atoms with van der Waals surface area (Å²) < 4.78 is 5.16. The Hall–Kier alpha value is -1.29. The molecule has 0 aliphatic carbocycles. The quantitative estimate of drug-likeness (QED) is 0.743. The van der Waals surface area contributed by atoms with E-state index in [1.165, 1.54) is 0 Å². The highest BCUT2D eigenvalue weighted by Crippen LogP contribution is 2.03. The van der Waals surface area contributed by atoms with E-state index in [1.54, 1.807) is 13.2 Å². The fourth-order valence-corrected chi connectivity index (χ4v) is 1.16. The Labute approximate surface area is 83.5 Å². The maximum atomic E-state index is 11.2. The van der Waals surface area contributed by atoms with Crippen molar-refractivity contribution in [3.05, 3.63) is 24.2 Å². The molecule has 0 bridgehead atoms. The number of hydrogen-bond donors (Lipinski definition) is 2. The van der Waals surface area contributed by atoms with Crippen LogP contribution in [0.25, 0.3) is 0 Å². The van der Waals surface area contributed by atoms with Crippen LogP contribution in [0.4, 0.5) is 0 Å². The molecule has 4 heteroatoms. The summed E-state index contributed by atoms with van der Waals surface area (Å²) in [5.41, 5.74) is 5.42. The van der Waals surface area contributed by atoms with Crippen LogP contribution in [0.2, 0.25) is 0 Å². The normalized spacial score (nSPS) is 14.8. The molecule has 0 fully saturated rings. The van der Waals surface area contributed by atoms with Gasteiger partial charge >= 0.3 is 0 Å². The molecule has 3 N–H and O–H groups in total. The molecule has 2 atom stereocenters. The number of nitrogens with two attached hydrogens (primary N) is 1. The first-order chi connectivity index (χ1) is 6.59. The van der Waals surface area contributed by atoms with Crippen molar-refractivity contribution < 1.29 is 9.21 Å². The molecule has 1 aromatic rings. The van der Waals surface area contributed by atoms with Gasteiger partial charge in [0.05, 0.1) is 12.3 Å². The lowest BCUT2D eigenvalue weighted by Gasteiger charge is -2.14. The Morgan fingerprint density at radius 1 is 1.64 bits per heavy atom. The van der Waals surface area contributed by atoms with Gasteiger partial charge < -0.3 is 15.5 Å². The molecule has 1 rings (SSSR count). The molecule has 0 saturated heterocycles. The number of hydrogen-bond acceptors (Lipinski definition) is 3. The molecule has 2 unspecified atom stereocenters. The molecule has 0 aliphatic rings. The van der Waals surface area contributed by atoms with Crippen LogP contribution < -0.4 is 11.1 Å². The van der Waals surface area contributed by atoms with Crippen molar-refractivity contribution in [1.29, 1.82) is 0 Å². The van der Waals surface area contributed by atoms with Crippen molar-refractivity contribution in [3.8, 4) is 0 Å². The van der Waals surface area contributed by atoms with Crippen molar-refractivity contribution in [3.63, 3.8) is 0 Å². The molecule has 4 nitrogen and oxygen atoms in total. The van der Waals surface area contributed by atoms with E-state index in [1.807, 2.05) is 19.1 Å². The summed E-state index contributed by atoms with van der Waals surface area (Å²) in [5, 5.41) is 2.79. The molecule has 0 aliphatic heterocycles. The molecule has 14 heavy (non-hydrogen) atoms. The average Bonchev–Trinajstić information content (AvgIpc) is 2.56. The van der Waals surface area contributed by atoms with Gasteiger partial charge in [-0.05, 0) is 26.0 Å². The Morgan fingerprint density at radius 2 is 2.36 bits per heavy atom. The van der Waals surface area contributed by atoms with Crippen LogP contribution in [-0.4, -0.2) is 18.0 Å². The molecule has 1 amide bonds. The molecule has 0 spiro atoms. The lowest BCUT2D eigenvalue weighted by Crippen LogP contribution is -2.43. The van der Waals surface area contributed by atoms with Gasteiger partial charge in [-0.15, -0.1) is 0 Å². The van der Waals surface area contributed by atoms with Crippen molar-refractivity contribution in [2.24, 2.45) is 5.73 Å². The minimum Gasteiger partial charge on any atom is -0.469 e. The van der Waals surface area contributed by atoms with Crippen molar-refractivity contribution in [2.45, 2.75) is 32.4 Å². The van der Waals surface area contributed by atoms with Gasteiger partial charge in [0, 0.05) is 12.5 Å². The highest BCUT2D eigenvalue weighted by Gasteiger charge is 2.12. The zero-order valence-electron chi connectivity index (χ0n) is 8.49. The first-order valence-electron chi connectivity index (χ1n) is 4.68. The highest BCUT2D eigenvalue weighted by atomic mass is 16.3. The topological polar surface area (TPSA) is 68.3 Å². The van der Waals surface area contributed by atoms with E-state index in [9.17, 15) is 4.79 Å². The second-order valence-corrected chi connectivity index (χ2v) is 3.48. The third-order valence-electron chi connectivity index (χ3n) is 1.89. The predicted octanol–water partition coefficient (Wildman–Crippen LogP) is 0.674. The second-order valence-electron chi connectivity index (χ2n) is 3.48. The molecule has 0 aromatic carbocycles. The summed E-state index contributed by atoms with van der Waals surface area (Å²) >= 11 is 0. The minimum absolute atomic E-state index is 0.0413. The SMILES string of the molecule is CC(Cc1ccco1)NC(=O)C(C)N. The maximum absolute atomic E-state index is 11.2. The van der Waals surface area contributed by atoms with Crippen LogP contribution in [0.1, 0.15) is 19.6 Å². The number of rotatable bonds is 4. The van der Waals surface area contributed by atoms with E-state index in [4.69, 9.17) is 10.2 Å². The van der Waals surface area contributed by atoms with Gasteiger partial charge in [0.1, 0.15) is 5.76 Å². The van der Waals surface area contributed by atoms with E-state index in [2.05, 4.69) is 5.32 Å². The summed E-state index contributed by atoms with van der Waals surface area (Å²) in [5.74, 6) is 0.728. The van der Waals surface area contributed by atoms with Gasteiger partial charge in [-0.3, -0.25) is 4.79 Å². The van der Waals surface area contributed by atoms with Gasteiger partial charge in [-0.25, -0.2) is 0 Å². The fraction of sp³-hybridized carbons (Fsp3) is 0.500. The first-order valence-corrected chi connectivity index (χ1v) is 4.68. The summed E-state index contributed by atoms with van der Waals surface area (Å²) in [4.78, 5) is 11.2. The summed E-state index contributed by atoms with van der Waals surface area (Å²) in [6.45, 7) is 3.58. The molecule has 78 valence electrons. The summed E-state index contributed by atoms with van der Waals surface area (Å²) in [7, 11) is 0. The van der Waals surface area contributed by atoms with Gasteiger partial charge in [0.25, 0.3) is 0 Å². The number of carbonyl (C=O) groups is 1. The number of furan rings is 1. The van der Waals surface area contributed by atoms with Crippen molar-refractivity contribution in [1.82, 2.24) is 5.32 Å². The smallest absolute Gasteiger partial charge is 0.236 e. The Bertz CT molecular complexity index is 280. The average molecular weight is 196 g/mol. The zero-order valence-corrected chi connectivity index (χ0v) is 8.49. The number of carbonyl (C=O) groups excluding carboxylic acids is 1. The first kappa shape index (κ1) is 10.8. The van der Waals surface area contributed by atoms with Crippen LogP contribution in [0, 0.1) is 0 Å². The molecular formula is C10H16N2O2. The van der Waals surface area contributed by atoms with Crippen molar-refractivity contribution in [2.75, 3.05) is 0 Å². The third-order valence-corrected chi connectivity index (χ3v) is 1.89. The lowest BCUT2D eigenvalue weighted by atomic mass is 10.2. The zero-order chi connectivity index (χ0) is 10.6. The van der Waals surface area contributed by atoms with Gasteiger partial charge in [-0.1, -0.05) is 0 Å². The van der Waals surface area contributed by atoms with Gasteiger partial charge in [0.2, 0.25) is 5.91 Å². The van der Waals surface area contributed by atoms with Crippen LogP contribution in [-0.2, 0) is 11.2 Å². The van der Waals surface area contributed by atoms with E-state index in [0.717, 1.165) is 5.76 Å². The van der Waals surface area contributed by atoms with Crippen LogP contribution in [0.3, 0.4) is 0 Å². The number of amides is 1. The second kappa shape index (κ2) is 4.81. The van der Waals surface area contributed by atoms with Gasteiger partial charge in [0.15, 0.2) is 0 Å². The van der Waals surface area contributed by atoms with Gasteiger partial charge in [-0.2, -0.15) is 0 Å². The minimum atomic E-state index is -0.464. The largest absolute Gasteiger partial charge is 0.469 e. The van der Waals surface area contributed by atoms with Crippen LogP contribution >= 0.6 is 0 Å². The van der Waals surface area contributed by atoms with E-state index >= 15 is 0 Å². The summed E-state index contributed by atoms with van der Waals surface area (Å²) in [6.07, 6.45) is 2.31. The monoisotopic (exact) mass is 196 g/mol. The predicted molar refractivity (Wildman–Crippen MR) is 53.7 cm³/mol. The standard InChI is InChI=1S/C10H16N2O2/c1-7(12-10(13)8(2)11)6-9-4-3-5-14-9/h3-5,7-8H,6,11H2,1-2H3,(H,12,13). The highest BCUT2D eigenvalue weighted by molar-refractivity contribution is 5.81. The molecule has 0 radical (unpaired) electrons. The van der Waals surface area contributed by atoms with Crippen molar-refractivity contribution >= 4 is 5.91 Å². The van der Waals surface area contributed by atoms with Crippen LogP contribution in [0.5, 0.6) is 0 Å². The Morgan fingerprint density at radius 3 is 2.86 bits per heavy atom. The van der Waals surface area contributed by atoms with E-state index in [-0.39, 0.29) is 11.9 Å². The third kappa shape index (κ3) is 3.22. The summed E-state index contributed by atoms with van der Waals surface area (Å²) in [6, 6.07) is 3.29. The van der Waals surface area contributed by atoms with E-state index in [0.29, 0.717) is 6.42 Å². The van der Waals surface area contributed by atoms with E-state index < -0.39 is 6.04 Å². The molecular weight excluding hydrogens is 180 g/mol. The molecule has 1 aromatic heterocycles.